The lowest BCUT2D eigenvalue weighted by molar-refractivity contribution is 0.0699. The first kappa shape index (κ1) is 14.1. The Kier molecular flexibility index (Phi) is 3.68. The minimum Gasteiger partial charge on any atom is -0.478 e. The summed E-state index contributed by atoms with van der Waals surface area (Å²) in [6.07, 6.45) is 4.19. The van der Waals surface area contributed by atoms with Crippen molar-refractivity contribution in [2.75, 3.05) is 0 Å². The molecule has 1 heterocycles. The lowest BCUT2D eigenvalue weighted by Gasteiger charge is -2.30. The van der Waals surface area contributed by atoms with E-state index >= 15 is 0 Å². The summed E-state index contributed by atoms with van der Waals surface area (Å²) in [4.78, 5) is 15.9. The molecule has 0 aliphatic heterocycles. The zero-order valence-corrected chi connectivity index (χ0v) is 12.1. The van der Waals surface area contributed by atoms with Crippen LogP contribution in [0.15, 0.2) is 18.2 Å². The Bertz CT molecular complexity index is 677. The fourth-order valence-corrected chi connectivity index (χ4v) is 3.35. The van der Waals surface area contributed by atoms with E-state index in [1.54, 1.807) is 12.1 Å². The molecule has 2 atom stereocenters. The first-order valence-corrected chi connectivity index (χ1v) is 7.54. The average Bonchev–Trinajstić information content (AvgIpc) is 2.85. The maximum absolute atomic E-state index is 11.4. The fourth-order valence-electron chi connectivity index (χ4n) is 3.35. The molecule has 0 spiro atoms. The number of aryl methyl sites for hydroxylation is 1. The number of aliphatic hydroxyl groups is 1. The standard InChI is InChI=1S/C16H20N2O3/c1-2-14-17-15-10(16(20)21)6-5-8-12(15)18(14)11-7-3-4-9-13(11)19/h5-6,8,11,13,19H,2-4,7,9H2,1H3,(H,20,21). The van der Waals surface area contributed by atoms with E-state index in [0.717, 1.165) is 43.4 Å². The number of carbonyl (C=O) groups is 1. The van der Waals surface area contributed by atoms with Gasteiger partial charge in [0, 0.05) is 6.42 Å². The largest absolute Gasteiger partial charge is 0.478 e. The number of aromatic carboxylic acids is 1. The molecule has 1 aliphatic rings. The van der Waals surface area contributed by atoms with Crippen molar-refractivity contribution < 1.29 is 15.0 Å². The van der Waals surface area contributed by atoms with Gasteiger partial charge < -0.3 is 14.8 Å². The summed E-state index contributed by atoms with van der Waals surface area (Å²) in [7, 11) is 0. The summed E-state index contributed by atoms with van der Waals surface area (Å²) >= 11 is 0. The number of aliphatic hydroxyl groups excluding tert-OH is 1. The number of nitrogens with zero attached hydrogens (tertiary/aromatic N) is 2. The molecule has 5 nitrogen and oxygen atoms in total. The number of rotatable bonds is 3. The molecule has 1 aliphatic carbocycles. The van der Waals surface area contributed by atoms with Gasteiger partial charge in [-0.25, -0.2) is 9.78 Å². The molecule has 2 unspecified atom stereocenters. The van der Waals surface area contributed by atoms with Crippen LogP contribution in [-0.2, 0) is 6.42 Å². The molecule has 1 aromatic carbocycles. The number of hydrogen-bond acceptors (Lipinski definition) is 3. The normalized spacial score (nSPS) is 22.6. The number of carboxylic acids is 1. The molecule has 21 heavy (non-hydrogen) atoms. The van der Waals surface area contributed by atoms with Crippen molar-refractivity contribution in [3.8, 4) is 0 Å². The van der Waals surface area contributed by atoms with E-state index in [9.17, 15) is 15.0 Å². The van der Waals surface area contributed by atoms with Crippen LogP contribution in [0.3, 0.4) is 0 Å². The molecule has 1 fully saturated rings. The highest BCUT2D eigenvalue weighted by molar-refractivity contribution is 6.01. The van der Waals surface area contributed by atoms with Gasteiger partial charge in [0.2, 0.25) is 0 Å². The summed E-state index contributed by atoms with van der Waals surface area (Å²) in [5, 5.41) is 19.7. The summed E-state index contributed by atoms with van der Waals surface area (Å²) in [5.41, 5.74) is 1.57. The second kappa shape index (κ2) is 5.48. The third-order valence-corrected chi connectivity index (χ3v) is 4.37. The minimum absolute atomic E-state index is 0.00254. The SMILES string of the molecule is CCc1nc2c(C(=O)O)cccc2n1C1CCCCC1O. The highest BCUT2D eigenvalue weighted by atomic mass is 16.4. The van der Waals surface area contributed by atoms with Crippen molar-refractivity contribution in [3.05, 3.63) is 29.6 Å². The number of aromatic nitrogens is 2. The topological polar surface area (TPSA) is 75.3 Å². The van der Waals surface area contributed by atoms with Crippen molar-refractivity contribution in [3.63, 3.8) is 0 Å². The van der Waals surface area contributed by atoms with Crippen LogP contribution >= 0.6 is 0 Å². The molecule has 0 radical (unpaired) electrons. The van der Waals surface area contributed by atoms with Gasteiger partial charge in [-0.05, 0) is 25.0 Å². The Balaban J connectivity index is 2.21. The van der Waals surface area contributed by atoms with Gasteiger partial charge in [-0.1, -0.05) is 25.8 Å². The molecule has 0 saturated heterocycles. The van der Waals surface area contributed by atoms with Gasteiger partial charge in [0.1, 0.15) is 11.3 Å². The highest BCUT2D eigenvalue weighted by Gasteiger charge is 2.28. The van der Waals surface area contributed by atoms with Crippen LogP contribution in [-0.4, -0.2) is 31.8 Å². The molecular weight excluding hydrogens is 268 g/mol. The number of carboxylic acid groups (broad SMARTS) is 1. The highest BCUT2D eigenvalue weighted by Crippen LogP contribution is 2.33. The average molecular weight is 288 g/mol. The van der Waals surface area contributed by atoms with Crippen molar-refractivity contribution in [1.82, 2.24) is 9.55 Å². The Morgan fingerprint density at radius 3 is 2.81 bits per heavy atom. The summed E-state index contributed by atoms with van der Waals surface area (Å²) in [5.74, 6) is -0.109. The number of para-hydroxylation sites is 1. The molecule has 1 saturated carbocycles. The maximum atomic E-state index is 11.4. The van der Waals surface area contributed by atoms with Crippen molar-refractivity contribution in [2.45, 2.75) is 51.2 Å². The molecule has 0 amide bonds. The van der Waals surface area contributed by atoms with Gasteiger partial charge in [0.05, 0.1) is 23.2 Å². The van der Waals surface area contributed by atoms with Gasteiger partial charge in [0.25, 0.3) is 0 Å². The number of hydrogen-bond donors (Lipinski definition) is 2. The van der Waals surface area contributed by atoms with Crippen LogP contribution in [0, 0.1) is 0 Å². The Hall–Kier alpha value is -1.88. The van der Waals surface area contributed by atoms with Gasteiger partial charge in [-0.2, -0.15) is 0 Å². The molecule has 2 N–H and O–H groups in total. The third kappa shape index (κ3) is 2.31. The molecule has 3 rings (SSSR count). The molecule has 112 valence electrons. The van der Waals surface area contributed by atoms with Gasteiger partial charge in [0.15, 0.2) is 0 Å². The van der Waals surface area contributed by atoms with E-state index in [0.29, 0.717) is 5.52 Å². The zero-order chi connectivity index (χ0) is 15.0. The minimum atomic E-state index is -0.961. The second-order valence-corrected chi connectivity index (χ2v) is 5.65. The van der Waals surface area contributed by atoms with Crippen LogP contribution in [0.4, 0.5) is 0 Å². The summed E-state index contributed by atoms with van der Waals surface area (Å²) in [6.45, 7) is 2.01. The third-order valence-electron chi connectivity index (χ3n) is 4.37. The monoisotopic (exact) mass is 288 g/mol. The van der Waals surface area contributed by atoms with Crippen molar-refractivity contribution in [1.29, 1.82) is 0 Å². The van der Waals surface area contributed by atoms with E-state index in [1.807, 2.05) is 13.0 Å². The van der Waals surface area contributed by atoms with E-state index in [2.05, 4.69) is 9.55 Å². The van der Waals surface area contributed by atoms with E-state index in [-0.39, 0.29) is 17.7 Å². The number of fused-ring (bicyclic) bond motifs is 1. The smallest absolute Gasteiger partial charge is 0.337 e. The lowest BCUT2D eigenvalue weighted by atomic mass is 9.92. The second-order valence-electron chi connectivity index (χ2n) is 5.65. The quantitative estimate of drug-likeness (QED) is 0.910. The molecule has 1 aromatic heterocycles. The predicted octanol–water partition coefficient (Wildman–Crippen LogP) is 2.77. The molecule has 2 aromatic rings. The lowest BCUT2D eigenvalue weighted by Crippen LogP contribution is -2.28. The Labute approximate surface area is 123 Å². The van der Waals surface area contributed by atoms with Crippen LogP contribution < -0.4 is 0 Å². The fraction of sp³-hybridized carbons (Fsp3) is 0.500. The molecule has 0 bridgehead atoms. The van der Waals surface area contributed by atoms with Crippen molar-refractivity contribution >= 4 is 17.0 Å². The first-order chi connectivity index (χ1) is 10.1. The van der Waals surface area contributed by atoms with E-state index < -0.39 is 5.97 Å². The first-order valence-electron chi connectivity index (χ1n) is 7.54. The van der Waals surface area contributed by atoms with Crippen LogP contribution in [0.1, 0.15) is 54.8 Å². The Morgan fingerprint density at radius 1 is 1.38 bits per heavy atom. The Morgan fingerprint density at radius 2 is 2.14 bits per heavy atom. The molecule has 5 heteroatoms. The predicted molar refractivity (Wildman–Crippen MR) is 79.6 cm³/mol. The van der Waals surface area contributed by atoms with Crippen LogP contribution in [0.25, 0.3) is 11.0 Å². The number of imidazole rings is 1. The number of benzene rings is 1. The van der Waals surface area contributed by atoms with Gasteiger partial charge in [-0.3, -0.25) is 0 Å². The van der Waals surface area contributed by atoms with Gasteiger partial charge >= 0.3 is 5.97 Å². The summed E-state index contributed by atoms with van der Waals surface area (Å²) in [6, 6.07) is 5.23. The summed E-state index contributed by atoms with van der Waals surface area (Å²) < 4.78 is 2.06. The molecular formula is C16H20N2O3. The maximum Gasteiger partial charge on any atom is 0.337 e. The van der Waals surface area contributed by atoms with Gasteiger partial charge in [-0.15, -0.1) is 0 Å². The van der Waals surface area contributed by atoms with Crippen LogP contribution in [0.2, 0.25) is 0 Å². The van der Waals surface area contributed by atoms with E-state index in [1.165, 1.54) is 0 Å². The zero-order valence-electron chi connectivity index (χ0n) is 12.1. The van der Waals surface area contributed by atoms with Crippen molar-refractivity contribution in [2.24, 2.45) is 0 Å². The van der Waals surface area contributed by atoms with E-state index in [4.69, 9.17) is 0 Å². The van der Waals surface area contributed by atoms with Crippen LogP contribution in [0.5, 0.6) is 0 Å².